The van der Waals surface area contributed by atoms with E-state index in [9.17, 15) is 13.2 Å². The number of nitrogens with zero attached hydrogens (tertiary/aromatic N) is 2. The minimum Gasteiger partial charge on any atom is -0.357 e. The molecule has 0 spiro atoms. The van der Waals surface area contributed by atoms with Crippen molar-refractivity contribution in [2.45, 2.75) is 15.4 Å². The molecular weight excluding hydrogens is 283 g/mol. The van der Waals surface area contributed by atoms with Crippen LogP contribution in [0, 0.1) is 0 Å². The molecule has 18 heavy (non-hydrogen) atoms. The molecule has 2 aromatic rings. The van der Waals surface area contributed by atoms with E-state index in [1.807, 2.05) is 17.5 Å². The van der Waals surface area contributed by atoms with Crippen LogP contribution >= 0.6 is 23.1 Å². The van der Waals surface area contributed by atoms with Gasteiger partial charge in [-0.05, 0) is 11.4 Å². The highest BCUT2D eigenvalue weighted by Gasteiger charge is 2.33. The third-order valence-corrected chi connectivity index (χ3v) is 3.87. The predicted octanol–water partition coefficient (Wildman–Crippen LogP) is 3.75. The SMILES string of the molecule is CNc1nc(Sc2cccs2)cc(C(F)(F)F)n1. The van der Waals surface area contributed by atoms with Gasteiger partial charge in [0.05, 0.1) is 4.21 Å². The van der Waals surface area contributed by atoms with E-state index in [0.29, 0.717) is 0 Å². The molecule has 0 unspecified atom stereocenters. The number of aromatic nitrogens is 2. The molecule has 2 aromatic heterocycles. The monoisotopic (exact) mass is 291 g/mol. The van der Waals surface area contributed by atoms with Gasteiger partial charge in [0.25, 0.3) is 0 Å². The molecule has 0 atom stereocenters. The maximum Gasteiger partial charge on any atom is 0.433 e. The molecule has 2 heterocycles. The average Bonchev–Trinajstić information content (AvgIpc) is 2.80. The Balaban J connectivity index is 2.35. The number of alkyl halides is 3. The van der Waals surface area contributed by atoms with Gasteiger partial charge in [-0.15, -0.1) is 11.3 Å². The summed E-state index contributed by atoms with van der Waals surface area (Å²) in [5.74, 6) is -0.0381. The highest BCUT2D eigenvalue weighted by molar-refractivity contribution is 8.01. The van der Waals surface area contributed by atoms with Crippen molar-refractivity contribution in [1.82, 2.24) is 9.97 Å². The first-order valence-corrected chi connectivity index (χ1v) is 6.54. The second kappa shape index (κ2) is 5.15. The van der Waals surface area contributed by atoms with E-state index in [-0.39, 0.29) is 11.0 Å². The van der Waals surface area contributed by atoms with Gasteiger partial charge in [-0.25, -0.2) is 9.97 Å². The third-order valence-electron chi connectivity index (χ3n) is 1.92. The summed E-state index contributed by atoms with van der Waals surface area (Å²) in [6.07, 6.45) is -4.47. The van der Waals surface area contributed by atoms with Crippen LogP contribution in [-0.2, 0) is 6.18 Å². The first-order valence-electron chi connectivity index (χ1n) is 4.84. The van der Waals surface area contributed by atoms with E-state index in [0.717, 1.165) is 10.3 Å². The number of rotatable bonds is 3. The fourth-order valence-electron chi connectivity index (χ4n) is 1.16. The Bertz CT molecular complexity index is 526. The van der Waals surface area contributed by atoms with Crippen molar-refractivity contribution in [3.8, 4) is 0 Å². The van der Waals surface area contributed by atoms with Crippen LogP contribution in [0.3, 0.4) is 0 Å². The molecule has 2 rings (SSSR count). The normalized spacial score (nSPS) is 11.6. The van der Waals surface area contributed by atoms with Crippen molar-refractivity contribution in [2.24, 2.45) is 0 Å². The number of thiophene rings is 1. The molecule has 0 aliphatic carbocycles. The zero-order valence-corrected chi connectivity index (χ0v) is 10.8. The van der Waals surface area contributed by atoms with Gasteiger partial charge in [0.1, 0.15) is 5.03 Å². The Morgan fingerprint density at radius 2 is 2.11 bits per heavy atom. The van der Waals surface area contributed by atoms with Crippen LogP contribution in [0.2, 0.25) is 0 Å². The lowest BCUT2D eigenvalue weighted by molar-refractivity contribution is -0.141. The van der Waals surface area contributed by atoms with Gasteiger partial charge in [-0.2, -0.15) is 13.2 Å². The van der Waals surface area contributed by atoms with Crippen LogP contribution in [0.5, 0.6) is 0 Å². The van der Waals surface area contributed by atoms with E-state index >= 15 is 0 Å². The summed E-state index contributed by atoms with van der Waals surface area (Å²) in [4.78, 5) is 7.38. The van der Waals surface area contributed by atoms with E-state index in [1.54, 1.807) is 0 Å². The van der Waals surface area contributed by atoms with Crippen molar-refractivity contribution < 1.29 is 13.2 Å². The molecule has 0 bridgehead atoms. The summed E-state index contributed by atoms with van der Waals surface area (Å²) >= 11 is 2.63. The number of anilines is 1. The molecule has 3 nitrogen and oxygen atoms in total. The van der Waals surface area contributed by atoms with Crippen LogP contribution in [0.1, 0.15) is 5.69 Å². The highest BCUT2D eigenvalue weighted by atomic mass is 32.2. The van der Waals surface area contributed by atoms with Crippen molar-refractivity contribution >= 4 is 29.0 Å². The molecule has 96 valence electrons. The fraction of sp³-hybridized carbons (Fsp3) is 0.200. The maximum atomic E-state index is 12.6. The molecule has 0 fully saturated rings. The third kappa shape index (κ3) is 3.14. The minimum absolute atomic E-state index is 0.0381. The Hall–Kier alpha value is -1.28. The Kier molecular flexibility index (Phi) is 3.76. The molecule has 1 N–H and O–H groups in total. The van der Waals surface area contributed by atoms with E-state index in [2.05, 4.69) is 15.3 Å². The van der Waals surface area contributed by atoms with Crippen LogP contribution < -0.4 is 5.32 Å². The van der Waals surface area contributed by atoms with Crippen molar-refractivity contribution in [3.63, 3.8) is 0 Å². The number of nitrogens with one attached hydrogen (secondary N) is 1. The molecule has 0 saturated heterocycles. The van der Waals surface area contributed by atoms with E-state index in [4.69, 9.17) is 0 Å². The van der Waals surface area contributed by atoms with Crippen molar-refractivity contribution in [2.75, 3.05) is 12.4 Å². The van der Waals surface area contributed by atoms with Crippen molar-refractivity contribution in [3.05, 3.63) is 29.3 Å². The number of hydrogen-bond donors (Lipinski definition) is 1. The maximum absolute atomic E-state index is 12.6. The second-order valence-corrected chi connectivity index (χ2v) is 5.47. The summed E-state index contributed by atoms with van der Waals surface area (Å²) in [6, 6.07) is 4.60. The van der Waals surface area contributed by atoms with Crippen LogP contribution in [0.25, 0.3) is 0 Å². The molecule has 0 aliphatic rings. The van der Waals surface area contributed by atoms with Gasteiger partial charge >= 0.3 is 6.18 Å². The topological polar surface area (TPSA) is 37.8 Å². The standard InChI is InChI=1S/C10H8F3N3S2/c1-14-9-15-6(10(11,12)13)5-7(16-9)18-8-3-2-4-17-8/h2-5H,1H3,(H,14,15,16). The molecule has 0 aromatic carbocycles. The summed E-state index contributed by atoms with van der Waals surface area (Å²) < 4.78 is 38.8. The van der Waals surface area contributed by atoms with E-state index in [1.165, 1.54) is 30.1 Å². The predicted molar refractivity (Wildman–Crippen MR) is 65.0 cm³/mol. The van der Waals surface area contributed by atoms with Gasteiger partial charge in [0.15, 0.2) is 5.69 Å². The van der Waals surface area contributed by atoms with E-state index < -0.39 is 11.9 Å². The van der Waals surface area contributed by atoms with Gasteiger partial charge in [-0.3, -0.25) is 0 Å². The molecule has 8 heteroatoms. The lowest BCUT2D eigenvalue weighted by Gasteiger charge is -2.09. The number of halogens is 3. The molecule has 0 aliphatic heterocycles. The summed E-state index contributed by atoms with van der Waals surface area (Å²) in [7, 11) is 1.48. The lowest BCUT2D eigenvalue weighted by Crippen LogP contribution is -2.11. The van der Waals surface area contributed by atoms with Gasteiger partial charge in [0, 0.05) is 13.1 Å². The zero-order chi connectivity index (χ0) is 13.2. The molecule has 0 radical (unpaired) electrons. The quantitative estimate of drug-likeness (QED) is 0.874. The molecule has 0 amide bonds. The van der Waals surface area contributed by atoms with Crippen LogP contribution in [0.15, 0.2) is 32.8 Å². The fourth-order valence-corrected chi connectivity index (χ4v) is 2.88. The summed E-state index contributed by atoms with van der Waals surface area (Å²) in [6.45, 7) is 0. The van der Waals surface area contributed by atoms with Crippen LogP contribution in [-0.4, -0.2) is 17.0 Å². The Morgan fingerprint density at radius 3 is 2.67 bits per heavy atom. The van der Waals surface area contributed by atoms with Crippen LogP contribution in [0.4, 0.5) is 19.1 Å². The summed E-state index contributed by atoms with van der Waals surface area (Å²) in [5.41, 5.74) is -0.944. The Morgan fingerprint density at radius 1 is 1.33 bits per heavy atom. The van der Waals surface area contributed by atoms with Gasteiger partial charge in [-0.1, -0.05) is 17.8 Å². The van der Waals surface area contributed by atoms with Gasteiger partial charge in [0.2, 0.25) is 5.95 Å². The van der Waals surface area contributed by atoms with Gasteiger partial charge < -0.3 is 5.32 Å². The first kappa shape index (κ1) is 13.2. The zero-order valence-electron chi connectivity index (χ0n) is 9.15. The smallest absolute Gasteiger partial charge is 0.357 e. The lowest BCUT2D eigenvalue weighted by atomic mass is 10.4. The molecule has 0 saturated carbocycles. The van der Waals surface area contributed by atoms with Crippen molar-refractivity contribution in [1.29, 1.82) is 0 Å². The molecular formula is C10H8F3N3S2. The largest absolute Gasteiger partial charge is 0.433 e. The first-order chi connectivity index (χ1) is 8.49. The minimum atomic E-state index is -4.47. The summed E-state index contributed by atoms with van der Waals surface area (Å²) in [5, 5.41) is 4.65. The number of hydrogen-bond acceptors (Lipinski definition) is 5. The average molecular weight is 291 g/mol. The second-order valence-electron chi connectivity index (χ2n) is 3.20. The highest BCUT2D eigenvalue weighted by Crippen LogP contribution is 2.34. The Labute approximate surface area is 109 Å².